The third-order valence-corrected chi connectivity index (χ3v) is 3.73. The topological polar surface area (TPSA) is 98.0 Å². The van der Waals surface area contributed by atoms with E-state index in [0.717, 1.165) is 18.7 Å². The summed E-state index contributed by atoms with van der Waals surface area (Å²) in [5.41, 5.74) is 5.71. The van der Waals surface area contributed by atoms with E-state index in [9.17, 15) is 8.42 Å². The molecule has 0 amide bonds. The van der Waals surface area contributed by atoms with E-state index in [1.807, 2.05) is 0 Å². The number of rotatable bonds is 6. The van der Waals surface area contributed by atoms with Crippen LogP contribution in [-0.4, -0.2) is 36.9 Å². The Hall–Kier alpha value is -1.37. The molecule has 0 spiro atoms. The lowest BCUT2D eigenvalue weighted by Gasteiger charge is -2.07. The van der Waals surface area contributed by atoms with Crippen LogP contribution in [0, 0.1) is 0 Å². The molecule has 100 valence electrons. The Morgan fingerprint density at radius 1 is 1.44 bits per heavy atom. The highest BCUT2D eigenvalue weighted by Gasteiger charge is 2.27. The smallest absolute Gasteiger partial charge is 0.147 e. The van der Waals surface area contributed by atoms with Crippen LogP contribution in [-0.2, 0) is 9.84 Å². The number of sulfone groups is 1. The number of nitrogens with two attached hydrogens (primary N) is 1. The second kappa shape index (κ2) is 5.09. The van der Waals surface area contributed by atoms with Crippen molar-refractivity contribution in [2.24, 2.45) is 0 Å². The minimum absolute atomic E-state index is 0.177. The predicted octanol–water partition coefficient (Wildman–Crippen LogP) is 0.783. The van der Waals surface area contributed by atoms with Gasteiger partial charge in [0.15, 0.2) is 0 Å². The van der Waals surface area contributed by atoms with Crippen LogP contribution >= 0.6 is 0 Å². The zero-order chi connectivity index (χ0) is 13.2. The summed E-state index contributed by atoms with van der Waals surface area (Å²) < 4.78 is 21.9. The maximum absolute atomic E-state index is 11.0. The van der Waals surface area contributed by atoms with Gasteiger partial charge < -0.3 is 11.1 Å². The van der Waals surface area contributed by atoms with E-state index in [1.165, 1.54) is 6.26 Å². The first kappa shape index (κ1) is 13.1. The van der Waals surface area contributed by atoms with Crippen LogP contribution in [0.1, 0.15) is 31.0 Å². The van der Waals surface area contributed by atoms with E-state index >= 15 is 0 Å². The number of hydrogen-bond donors (Lipinski definition) is 2. The first-order valence-corrected chi connectivity index (χ1v) is 8.06. The predicted molar refractivity (Wildman–Crippen MR) is 71.2 cm³/mol. The Labute approximate surface area is 107 Å². The average molecular weight is 270 g/mol. The molecule has 1 aromatic rings. The van der Waals surface area contributed by atoms with Crippen molar-refractivity contribution in [1.82, 2.24) is 9.97 Å². The van der Waals surface area contributed by atoms with Crippen LogP contribution < -0.4 is 11.1 Å². The lowest BCUT2D eigenvalue weighted by Crippen LogP contribution is -2.11. The Morgan fingerprint density at radius 3 is 2.78 bits per heavy atom. The average Bonchev–Trinajstić information content (AvgIpc) is 3.06. The normalized spacial score (nSPS) is 15.6. The molecule has 0 aliphatic heterocycles. The molecule has 6 nitrogen and oxygen atoms in total. The number of aromatic nitrogens is 2. The first-order valence-electron chi connectivity index (χ1n) is 6.00. The minimum atomic E-state index is -2.90. The molecule has 0 aromatic carbocycles. The zero-order valence-electron chi connectivity index (χ0n) is 10.4. The van der Waals surface area contributed by atoms with Crippen LogP contribution in [0.4, 0.5) is 11.6 Å². The Bertz CT molecular complexity index is 526. The fourth-order valence-corrected chi connectivity index (χ4v) is 2.32. The number of nitrogen functional groups attached to an aromatic ring is 1. The summed E-state index contributed by atoms with van der Waals surface area (Å²) in [6.07, 6.45) is 4.04. The van der Waals surface area contributed by atoms with Gasteiger partial charge in [0.1, 0.15) is 27.3 Å². The van der Waals surface area contributed by atoms with Crippen molar-refractivity contribution in [3.63, 3.8) is 0 Å². The standard InChI is InChI=1S/C11H18N4O2S/c1-18(16,17)6-2-5-13-10-7-9(12)14-11(15-10)8-3-4-8/h7-8H,2-6H2,1H3,(H3,12,13,14,15). The fraction of sp³-hybridized carbons (Fsp3) is 0.636. The van der Waals surface area contributed by atoms with Gasteiger partial charge >= 0.3 is 0 Å². The summed E-state index contributed by atoms with van der Waals surface area (Å²) in [5, 5.41) is 3.09. The highest BCUT2D eigenvalue weighted by molar-refractivity contribution is 7.90. The molecular formula is C11H18N4O2S. The van der Waals surface area contributed by atoms with Crippen LogP contribution in [0.15, 0.2) is 6.07 Å². The molecular weight excluding hydrogens is 252 g/mol. The van der Waals surface area contributed by atoms with Crippen LogP contribution in [0.2, 0.25) is 0 Å². The van der Waals surface area contributed by atoms with Gasteiger partial charge in [0, 0.05) is 24.8 Å². The Morgan fingerprint density at radius 2 is 2.17 bits per heavy atom. The lowest BCUT2D eigenvalue weighted by molar-refractivity contribution is 0.600. The molecule has 0 radical (unpaired) electrons. The Kier molecular flexibility index (Phi) is 3.70. The van der Waals surface area contributed by atoms with Gasteiger partial charge in [-0.05, 0) is 19.3 Å². The first-order chi connectivity index (χ1) is 8.44. The summed E-state index contributed by atoms with van der Waals surface area (Å²) in [6.45, 7) is 0.563. The van der Waals surface area contributed by atoms with E-state index in [4.69, 9.17) is 5.73 Å². The van der Waals surface area contributed by atoms with Gasteiger partial charge in [0.2, 0.25) is 0 Å². The van der Waals surface area contributed by atoms with E-state index in [0.29, 0.717) is 30.5 Å². The molecule has 2 rings (SSSR count). The number of hydrogen-bond acceptors (Lipinski definition) is 6. The molecule has 0 bridgehead atoms. The zero-order valence-corrected chi connectivity index (χ0v) is 11.2. The molecule has 0 atom stereocenters. The second-order valence-electron chi connectivity index (χ2n) is 4.72. The van der Waals surface area contributed by atoms with Crippen molar-refractivity contribution in [1.29, 1.82) is 0 Å². The van der Waals surface area contributed by atoms with Crippen molar-refractivity contribution in [2.75, 3.05) is 29.6 Å². The molecule has 1 aliphatic carbocycles. The lowest BCUT2D eigenvalue weighted by atomic mass is 10.3. The van der Waals surface area contributed by atoms with Crippen molar-refractivity contribution >= 4 is 21.5 Å². The number of nitrogens with zero attached hydrogens (tertiary/aromatic N) is 2. The van der Waals surface area contributed by atoms with Gasteiger partial charge in [-0.15, -0.1) is 0 Å². The van der Waals surface area contributed by atoms with Gasteiger partial charge in [-0.2, -0.15) is 0 Å². The van der Waals surface area contributed by atoms with Gasteiger partial charge in [-0.25, -0.2) is 18.4 Å². The van der Waals surface area contributed by atoms with Crippen LogP contribution in [0.3, 0.4) is 0 Å². The third kappa shape index (κ3) is 4.14. The van der Waals surface area contributed by atoms with Crippen molar-refractivity contribution in [2.45, 2.75) is 25.2 Å². The highest BCUT2D eigenvalue weighted by atomic mass is 32.2. The highest BCUT2D eigenvalue weighted by Crippen LogP contribution is 2.38. The summed E-state index contributed by atoms with van der Waals surface area (Å²) in [4.78, 5) is 8.57. The molecule has 1 heterocycles. The number of anilines is 2. The Balaban J connectivity index is 1.89. The molecule has 0 unspecified atom stereocenters. The molecule has 1 saturated carbocycles. The molecule has 1 aromatic heterocycles. The van der Waals surface area contributed by atoms with Crippen LogP contribution in [0.5, 0.6) is 0 Å². The van der Waals surface area contributed by atoms with Crippen molar-refractivity contribution in [3.8, 4) is 0 Å². The third-order valence-electron chi connectivity index (χ3n) is 2.70. The maximum Gasteiger partial charge on any atom is 0.147 e. The van der Waals surface area contributed by atoms with E-state index in [-0.39, 0.29) is 5.75 Å². The van der Waals surface area contributed by atoms with Crippen molar-refractivity contribution < 1.29 is 8.42 Å². The quantitative estimate of drug-likeness (QED) is 0.741. The van der Waals surface area contributed by atoms with E-state index < -0.39 is 9.84 Å². The molecule has 1 aliphatic rings. The maximum atomic E-state index is 11.0. The van der Waals surface area contributed by atoms with Crippen LogP contribution in [0.25, 0.3) is 0 Å². The molecule has 3 N–H and O–H groups in total. The van der Waals surface area contributed by atoms with Gasteiger partial charge in [0.25, 0.3) is 0 Å². The molecule has 1 fully saturated rings. The molecule has 18 heavy (non-hydrogen) atoms. The second-order valence-corrected chi connectivity index (χ2v) is 6.98. The van der Waals surface area contributed by atoms with Gasteiger partial charge in [-0.1, -0.05) is 0 Å². The largest absolute Gasteiger partial charge is 0.384 e. The summed E-state index contributed by atoms with van der Waals surface area (Å²) in [7, 11) is -2.90. The molecule has 7 heteroatoms. The number of nitrogens with one attached hydrogen (secondary N) is 1. The SMILES string of the molecule is CS(=O)(=O)CCCNc1cc(N)nc(C2CC2)n1. The van der Waals surface area contributed by atoms with Crippen molar-refractivity contribution in [3.05, 3.63) is 11.9 Å². The van der Waals surface area contributed by atoms with Gasteiger partial charge in [-0.3, -0.25) is 0 Å². The summed E-state index contributed by atoms with van der Waals surface area (Å²) in [6, 6.07) is 1.67. The fourth-order valence-electron chi connectivity index (χ4n) is 1.65. The van der Waals surface area contributed by atoms with E-state index in [1.54, 1.807) is 6.07 Å². The van der Waals surface area contributed by atoms with E-state index in [2.05, 4.69) is 15.3 Å². The van der Waals surface area contributed by atoms with Gasteiger partial charge in [0.05, 0.1) is 5.75 Å². The monoisotopic (exact) mass is 270 g/mol. The molecule has 0 saturated heterocycles. The summed E-state index contributed by atoms with van der Waals surface area (Å²) in [5.74, 6) is 2.55. The minimum Gasteiger partial charge on any atom is -0.384 e. The summed E-state index contributed by atoms with van der Waals surface area (Å²) >= 11 is 0.